The molecule has 10 heavy (non-hydrogen) atoms. The first-order chi connectivity index (χ1) is 4.79. The Balaban J connectivity index is 2.31. The van der Waals surface area contributed by atoms with Crippen LogP contribution in [0.3, 0.4) is 0 Å². The van der Waals surface area contributed by atoms with E-state index in [1.54, 1.807) is 17.8 Å². The fourth-order valence-electron chi connectivity index (χ4n) is 0.675. The number of nitro groups is 1. The van der Waals surface area contributed by atoms with Gasteiger partial charge >= 0.3 is 0 Å². The van der Waals surface area contributed by atoms with Crippen LogP contribution >= 0.6 is 11.8 Å². The number of hydrogen-bond acceptors (Lipinski definition) is 4. The minimum atomic E-state index is -0.340. The lowest BCUT2D eigenvalue weighted by atomic mass is 10.6. The maximum Gasteiger partial charge on any atom is 0.224 e. The molecular weight excluding hydrogens is 152 g/mol. The summed E-state index contributed by atoms with van der Waals surface area (Å²) in [4.78, 5) is 9.54. The van der Waals surface area contributed by atoms with Crippen molar-refractivity contribution in [3.63, 3.8) is 0 Å². The van der Waals surface area contributed by atoms with Crippen molar-refractivity contribution in [3.05, 3.63) is 21.2 Å². The highest BCUT2D eigenvalue weighted by Crippen LogP contribution is 2.16. The van der Waals surface area contributed by atoms with Crippen molar-refractivity contribution in [2.24, 2.45) is 0 Å². The van der Waals surface area contributed by atoms with Crippen LogP contribution in [-0.4, -0.2) is 23.8 Å². The van der Waals surface area contributed by atoms with Crippen LogP contribution < -0.4 is 5.32 Å². The molecule has 4 nitrogen and oxygen atoms in total. The SMILES string of the molecule is O=[N+]([O-])CC=C1NCCS1. The van der Waals surface area contributed by atoms with Gasteiger partial charge in [0, 0.05) is 23.3 Å². The first-order valence-corrected chi connectivity index (χ1v) is 3.96. The Bertz CT molecular complexity index is 161. The minimum absolute atomic E-state index is 0.0741. The molecule has 0 aromatic carbocycles. The van der Waals surface area contributed by atoms with Gasteiger partial charge in [-0.3, -0.25) is 10.1 Å². The summed E-state index contributed by atoms with van der Waals surface area (Å²) in [5.41, 5.74) is 0. The molecule has 1 rings (SSSR count). The molecule has 1 N–H and O–H groups in total. The summed E-state index contributed by atoms with van der Waals surface area (Å²) in [6.45, 7) is 0.851. The molecule has 0 unspecified atom stereocenters. The quantitative estimate of drug-likeness (QED) is 0.470. The van der Waals surface area contributed by atoms with E-state index in [4.69, 9.17) is 0 Å². The van der Waals surface area contributed by atoms with Gasteiger partial charge < -0.3 is 5.32 Å². The second-order valence-corrected chi connectivity index (χ2v) is 3.00. The topological polar surface area (TPSA) is 55.2 Å². The molecule has 0 radical (unpaired) electrons. The number of thioether (sulfide) groups is 1. The summed E-state index contributed by atoms with van der Waals surface area (Å²) in [5.74, 6) is 1.02. The molecule has 0 atom stereocenters. The van der Waals surface area contributed by atoms with Gasteiger partial charge in [-0.25, -0.2) is 0 Å². The monoisotopic (exact) mass is 160 g/mol. The summed E-state index contributed by atoms with van der Waals surface area (Å²) in [6.07, 6.45) is 1.61. The summed E-state index contributed by atoms with van der Waals surface area (Å²) in [7, 11) is 0. The van der Waals surface area contributed by atoms with Gasteiger partial charge in [0.2, 0.25) is 6.54 Å². The van der Waals surface area contributed by atoms with Gasteiger partial charge in [0.1, 0.15) is 0 Å². The molecule has 0 saturated carbocycles. The highest BCUT2D eigenvalue weighted by atomic mass is 32.2. The van der Waals surface area contributed by atoms with E-state index < -0.39 is 0 Å². The molecule has 0 aromatic rings. The maximum absolute atomic E-state index is 9.88. The second-order valence-electron chi connectivity index (χ2n) is 1.86. The van der Waals surface area contributed by atoms with Gasteiger partial charge in [-0.05, 0) is 0 Å². The predicted octanol–water partition coefficient (Wildman–Crippen LogP) is 0.441. The molecule has 0 bridgehead atoms. The highest BCUT2D eigenvalue weighted by Gasteiger charge is 2.05. The van der Waals surface area contributed by atoms with Gasteiger partial charge in [-0.1, -0.05) is 0 Å². The van der Waals surface area contributed by atoms with Crippen molar-refractivity contribution in [1.82, 2.24) is 5.32 Å². The third-order valence-corrected chi connectivity index (χ3v) is 2.11. The molecular formula is C5H8N2O2S. The summed E-state index contributed by atoms with van der Waals surface area (Å²) in [6, 6.07) is 0. The minimum Gasteiger partial charge on any atom is -0.379 e. The van der Waals surface area contributed by atoms with E-state index >= 15 is 0 Å². The van der Waals surface area contributed by atoms with Crippen molar-refractivity contribution in [3.8, 4) is 0 Å². The zero-order valence-electron chi connectivity index (χ0n) is 5.37. The third-order valence-electron chi connectivity index (χ3n) is 1.08. The third kappa shape index (κ3) is 2.26. The van der Waals surface area contributed by atoms with Gasteiger partial charge in [-0.15, -0.1) is 11.8 Å². The van der Waals surface area contributed by atoms with E-state index in [0.29, 0.717) is 0 Å². The van der Waals surface area contributed by atoms with Gasteiger partial charge in [-0.2, -0.15) is 0 Å². The Kier molecular flexibility index (Phi) is 2.56. The Morgan fingerprint density at radius 3 is 3.20 bits per heavy atom. The van der Waals surface area contributed by atoms with E-state index in [0.717, 1.165) is 17.3 Å². The molecule has 1 saturated heterocycles. The zero-order valence-corrected chi connectivity index (χ0v) is 6.19. The van der Waals surface area contributed by atoms with Crippen LogP contribution in [0.5, 0.6) is 0 Å². The van der Waals surface area contributed by atoms with Crippen LogP contribution in [0.1, 0.15) is 0 Å². The smallest absolute Gasteiger partial charge is 0.224 e. The predicted molar refractivity (Wildman–Crippen MR) is 40.4 cm³/mol. The van der Waals surface area contributed by atoms with Gasteiger partial charge in [0.25, 0.3) is 0 Å². The van der Waals surface area contributed by atoms with Gasteiger partial charge in [0.15, 0.2) is 0 Å². The van der Waals surface area contributed by atoms with Crippen molar-refractivity contribution >= 4 is 11.8 Å². The molecule has 0 aliphatic carbocycles. The highest BCUT2D eigenvalue weighted by molar-refractivity contribution is 8.03. The average molecular weight is 160 g/mol. The molecule has 1 fully saturated rings. The maximum atomic E-state index is 9.88. The van der Waals surface area contributed by atoms with E-state index in [1.165, 1.54) is 0 Å². The molecule has 0 aromatic heterocycles. The normalized spacial score (nSPS) is 21.0. The average Bonchev–Trinajstić information content (AvgIpc) is 2.34. The Hall–Kier alpha value is -0.710. The van der Waals surface area contributed by atoms with Crippen molar-refractivity contribution in [2.75, 3.05) is 18.8 Å². The van der Waals surface area contributed by atoms with Crippen molar-refractivity contribution in [2.45, 2.75) is 0 Å². The van der Waals surface area contributed by atoms with Crippen LogP contribution in [0.25, 0.3) is 0 Å². The van der Waals surface area contributed by atoms with Crippen LogP contribution in [0.15, 0.2) is 11.1 Å². The fourth-order valence-corrected chi connectivity index (χ4v) is 1.50. The van der Waals surface area contributed by atoms with E-state index in [1.807, 2.05) is 0 Å². The van der Waals surface area contributed by atoms with Crippen LogP contribution in [0.2, 0.25) is 0 Å². The Morgan fingerprint density at radius 1 is 1.90 bits per heavy atom. The lowest BCUT2D eigenvalue weighted by Crippen LogP contribution is -2.06. The van der Waals surface area contributed by atoms with E-state index in [2.05, 4.69) is 5.32 Å². The fraction of sp³-hybridized carbons (Fsp3) is 0.600. The second kappa shape index (κ2) is 3.46. The molecule has 1 aliphatic rings. The van der Waals surface area contributed by atoms with Gasteiger partial charge in [0.05, 0.1) is 5.03 Å². The number of rotatable bonds is 2. The number of hydrogen-bond donors (Lipinski definition) is 1. The summed E-state index contributed by atoms with van der Waals surface area (Å²) < 4.78 is 0. The lowest BCUT2D eigenvalue weighted by molar-refractivity contribution is -0.468. The standard InChI is InChI=1S/C5H8N2O2S/c8-7(9)3-1-5-6-2-4-10-5/h1,6H,2-4H2. The largest absolute Gasteiger partial charge is 0.379 e. The lowest BCUT2D eigenvalue weighted by Gasteiger charge is -1.92. The van der Waals surface area contributed by atoms with E-state index in [-0.39, 0.29) is 11.5 Å². The number of nitrogens with zero attached hydrogens (tertiary/aromatic N) is 1. The Morgan fingerprint density at radius 2 is 2.70 bits per heavy atom. The van der Waals surface area contributed by atoms with E-state index in [9.17, 15) is 10.1 Å². The molecule has 5 heteroatoms. The first kappa shape index (κ1) is 7.40. The summed E-state index contributed by atoms with van der Waals surface area (Å²) in [5, 5.41) is 13.9. The van der Waals surface area contributed by atoms with Crippen LogP contribution in [0, 0.1) is 10.1 Å². The molecule has 0 spiro atoms. The van der Waals surface area contributed by atoms with Crippen LogP contribution in [-0.2, 0) is 0 Å². The zero-order chi connectivity index (χ0) is 7.40. The molecule has 56 valence electrons. The summed E-state index contributed by atoms with van der Waals surface area (Å²) >= 11 is 1.63. The number of nitrogens with one attached hydrogen (secondary N) is 1. The molecule has 1 aliphatic heterocycles. The molecule has 1 heterocycles. The van der Waals surface area contributed by atoms with Crippen LogP contribution in [0.4, 0.5) is 0 Å². The molecule has 0 amide bonds. The first-order valence-electron chi connectivity index (χ1n) is 2.97. The van der Waals surface area contributed by atoms with Crippen molar-refractivity contribution in [1.29, 1.82) is 0 Å². The Labute approximate surface area is 62.8 Å². The van der Waals surface area contributed by atoms with Crippen molar-refractivity contribution < 1.29 is 4.92 Å².